The third-order valence-corrected chi connectivity index (χ3v) is 5.97. The Bertz CT molecular complexity index is 1290. The molecule has 10 heteroatoms. The molecule has 1 N–H and O–H groups in total. The lowest BCUT2D eigenvalue weighted by Gasteiger charge is -2.21. The van der Waals surface area contributed by atoms with Crippen molar-refractivity contribution in [2.24, 2.45) is 0 Å². The number of urea groups is 1. The molecule has 3 aromatic heterocycles. The molecule has 1 fully saturated rings. The van der Waals surface area contributed by atoms with E-state index in [2.05, 4.69) is 36.3 Å². The van der Waals surface area contributed by atoms with Crippen molar-refractivity contribution in [3.05, 3.63) is 47.3 Å². The third-order valence-electron chi connectivity index (χ3n) is 5.39. The molecular weight excluding hydrogens is 460 g/mol. The minimum absolute atomic E-state index is 0.0217. The fourth-order valence-corrected chi connectivity index (χ4v) is 4.27. The molecule has 9 nitrogen and oxygen atoms in total. The van der Waals surface area contributed by atoms with Crippen LogP contribution in [0.25, 0.3) is 27.6 Å². The first-order valence-corrected chi connectivity index (χ1v) is 10.8. The van der Waals surface area contributed by atoms with Gasteiger partial charge in [0.1, 0.15) is 4.60 Å². The van der Waals surface area contributed by atoms with E-state index in [-0.39, 0.29) is 12.1 Å². The zero-order valence-electron chi connectivity index (χ0n) is 17.2. The topological polar surface area (TPSA) is 92.1 Å². The van der Waals surface area contributed by atoms with Gasteiger partial charge in [0.25, 0.3) is 0 Å². The molecule has 4 aromatic rings. The lowest BCUT2D eigenvalue weighted by Crippen LogP contribution is -2.38. The van der Waals surface area contributed by atoms with E-state index in [1.807, 2.05) is 35.2 Å². The molecule has 1 saturated heterocycles. The molecule has 1 aliphatic rings. The number of likely N-dealkylation sites (tertiary alicyclic amines) is 1. The summed E-state index contributed by atoms with van der Waals surface area (Å²) in [6.45, 7) is 1.34. The second-order valence-electron chi connectivity index (χ2n) is 7.77. The first-order chi connectivity index (χ1) is 15.0. The summed E-state index contributed by atoms with van der Waals surface area (Å²) in [4.78, 5) is 29.2. The highest BCUT2D eigenvalue weighted by molar-refractivity contribution is 9.10. The molecule has 0 aliphatic carbocycles. The summed E-state index contributed by atoms with van der Waals surface area (Å²) >= 11 is 3.52. The van der Waals surface area contributed by atoms with Crippen molar-refractivity contribution in [3.8, 4) is 5.69 Å². The van der Waals surface area contributed by atoms with Crippen LogP contribution in [0.15, 0.2) is 47.3 Å². The number of anilines is 1. The zero-order valence-corrected chi connectivity index (χ0v) is 18.7. The lowest BCUT2D eigenvalue weighted by atomic mass is 10.2. The van der Waals surface area contributed by atoms with Crippen LogP contribution < -0.4 is 5.32 Å². The van der Waals surface area contributed by atoms with Gasteiger partial charge in [-0.1, -0.05) is 6.07 Å². The molecule has 0 bridgehead atoms. The highest BCUT2D eigenvalue weighted by Gasteiger charge is 2.27. The van der Waals surface area contributed by atoms with Gasteiger partial charge in [0.05, 0.1) is 16.6 Å². The molecule has 5 rings (SSSR count). The van der Waals surface area contributed by atoms with Crippen LogP contribution in [0.3, 0.4) is 0 Å². The van der Waals surface area contributed by atoms with Crippen LogP contribution in [0.1, 0.15) is 6.42 Å². The second-order valence-corrected chi connectivity index (χ2v) is 8.52. The van der Waals surface area contributed by atoms with Gasteiger partial charge >= 0.3 is 6.03 Å². The largest absolute Gasteiger partial charge is 0.350 e. The third kappa shape index (κ3) is 3.67. The highest BCUT2D eigenvalue weighted by Crippen LogP contribution is 2.26. The average molecular weight is 481 g/mol. The maximum absolute atomic E-state index is 12.2. The fraction of sp³-hybridized carbons (Fsp3) is 0.286. The number of nitrogens with one attached hydrogen (secondary N) is 1. The molecule has 1 aromatic carbocycles. The smallest absolute Gasteiger partial charge is 0.319 e. The minimum atomic E-state index is 0.0217. The molecule has 0 radical (unpaired) electrons. The minimum Gasteiger partial charge on any atom is -0.350 e. The number of fused-ring (bicyclic) bond motifs is 2. The van der Waals surface area contributed by atoms with Crippen LogP contribution in [0, 0.1) is 0 Å². The fourth-order valence-electron chi connectivity index (χ4n) is 3.83. The Morgan fingerprint density at radius 1 is 1.26 bits per heavy atom. The Kier molecular flexibility index (Phi) is 4.93. The van der Waals surface area contributed by atoms with Gasteiger partial charge in [-0.2, -0.15) is 10.1 Å². The van der Waals surface area contributed by atoms with Crippen LogP contribution in [0.4, 0.5) is 10.7 Å². The quantitative estimate of drug-likeness (QED) is 0.483. The lowest BCUT2D eigenvalue weighted by molar-refractivity contribution is 0.181. The molecule has 2 amide bonds. The predicted octanol–water partition coefficient (Wildman–Crippen LogP) is 3.29. The molecular formula is C21H21BrN8O. The van der Waals surface area contributed by atoms with Crippen molar-refractivity contribution in [1.82, 2.24) is 34.5 Å². The molecule has 158 valence electrons. The first-order valence-electron chi connectivity index (χ1n) is 9.99. The van der Waals surface area contributed by atoms with Crippen molar-refractivity contribution in [2.75, 3.05) is 32.5 Å². The van der Waals surface area contributed by atoms with Crippen LogP contribution in [-0.2, 0) is 0 Å². The number of hydrogen-bond donors (Lipinski definition) is 1. The number of carbonyl (C=O) groups is 1. The maximum atomic E-state index is 12.2. The molecule has 0 spiro atoms. The molecule has 0 saturated carbocycles. The van der Waals surface area contributed by atoms with Crippen molar-refractivity contribution in [1.29, 1.82) is 0 Å². The van der Waals surface area contributed by atoms with Gasteiger partial charge in [-0.15, -0.1) is 0 Å². The van der Waals surface area contributed by atoms with Crippen LogP contribution >= 0.6 is 15.9 Å². The monoisotopic (exact) mass is 480 g/mol. The summed E-state index contributed by atoms with van der Waals surface area (Å²) in [7, 11) is 3.53. The van der Waals surface area contributed by atoms with Crippen molar-refractivity contribution in [2.45, 2.75) is 12.5 Å². The number of pyridine rings is 1. The van der Waals surface area contributed by atoms with Crippen LogP contribution in [0.2, 0.25) is 0 Å². The van der Waals surface area contributed by atoms with Gasteiger partial charge in [0, 0.05) is 51.0 Å². The Morgan fingerprint density at radius 3 is 2.97 bits per heavy atom. The van der Waals surface area contributed by atoms with E-state index in [0.29, 0.717) is 29.3 Å². The van der Waals surface area contributed by atoms with Gasteiger partial charge in [-0.3, -0.25) is 4.98 Å². The van der Waals surface area contributed by atoms with Gasteiger partial charge < -0.3 is 15.1 Å². The van der Waals surface area contributed by atoms with Gasteiger partial charge in [0.2, 0.25) is 5.95 Å². The van der Waals surface area contributed by atoms with E-state index in [4.69, 9.17) is 4.98 Å². The van der Waals surface area contributed by atoms with Crippen molar-refractivity contribution >= 4 is 49.8 Å². The molecule has 1 aliphatic heterocycles. The second kappa shape index (κ2) is 7.77. The van der Waals surface area contributed by atoms with Gasteiger partial charge in [-0.25, -0.2) is 14.5 Å². The Hall–Kier alpha value is -3.27. The normalized spacial score (nSPS) is 16.2. The zero-order chi connectivity index (χ0) is 21.5. The van der Waals surface area contributed by atoms with E-state index in [1.54, 1.807) is 36.1 Å². The van der Waals surface area contributed by atoms with Crippen LogP contribution in [0.5, 0.6) is 0 Å². The summed E-state index contributed by atoms with van der Waals surface area (Å²) in [6.07, 6.45) is 4.39. The number of aromatic nitrogens is 5. The number of nitrogens with zero attached hydrogens (tertiary/aromatic N) is 7. The number of halogens is 1. The predicted molar refractivity (Wildman–Crippen MR) is 122 cm³/mol. The number of rotatable bonds is 3. The number of benzene rings is 1. The number of hydrogen-bond acceptors (Lipinski definition) is 6. The summed E-state index contributed by atoms with van der Waals surface area (Å²) < 4.78 is 2.49. The van der Waals surface area contributed by atoms with Gasteiger partial charge in [-0.05, 0) is 46.6 Å². The molecule has 1 atom stereocenters. The van der Waals surface area contributed by atoms with E-state index >= 15 is 0 Å². The Morgan fingerprint density at radius 2 is 2.13 bits per heavy atom. The SMILES string of the molecule is CN(C)C(=O)N1CC[C@@H](Nc2ncc3c(Br)nn(-c4ccc5ncccc5c4)c3n2)C1. The van der Waals surface area contributed by atoms with Crippen molar-refractivity contribution in [3.63, 3.8) is 0 Å². The highest BCUT2D eigenvalue weighted by atomic mass is 79.9. The average Bonchev–Trinajstić information content (AvgIpc) is 3.37. The van der Waals surface area contributed by atoms with E-state index in [0.717, 1.165) is 28.4 Å². The van der Waals surface area contributed by atoms with Crippen LogP contribution in [-0.4, -0.2) is 73.8 Å². The Labute approximate surface area is 187 Å². The molecule has 0 unspecified atom stereocenters. The molecule has 31 heavy (non-hydrogen) atoms. The van der Waals surface area contributed by atoms with E-state index in [1.165, 1.54) is 0 Å². The summed E-state index contributed by atoms with van der Waals surface area (Å²) in [6, 6.07) is 10.1. The Balaban J connectivity index is 1.45. The summed E-state index contributed by atoms with van der Waals surface area (Å²) in [5.74, 6) is 0.521. The first kappa shape index (κ1) is 19.7. The molecule has 4 heterocycles. The summed E-state index contributed by atoms with van der Waals surface area (Å²) in [5.41, 5.74) is 2.52. The van der Waals surface area contributed by atoms with E-state index in [9.17, 15) is 4.79 Å². The standard InChI is InChI=1S/C21H21BrN8O/c1-28(2)21(31)29-9-7-14(12-29)25-20-24-11-16-18(22)27-30(19(16)26-20)15-5-6-17-13(10-15)4-3-8-23-17/h3-6,8,10-11,14H,7,9,12H2,1-2H3,(H,24,25,26)/t14-/m1/s1. The van der Waals surface area contributed by atoms with E-state index < -0.39 is 0 Å². The van der Waals surface area contributed by atoms with Gasteiger partial charge in [0.15, 0.2) is 5.65 Å². The summed E-state index contributed by atoms with van der Waals surface area (Å²) in [5, 5.41) is 9.85. The number of carbonyl (C=O) groups excluding carboxylic acids is 1. The van der Waals surface area contributed by atoms with Crippen molar-refractivity contribution < 1.29 is 4.79 Å². The maximum Gasteiger partial charge on any atom is 0.319 e. The number of amides is 2.